The number of ether oxygens (including phenoxy) is 1. The molecule has 5 rings (SSSR count). The van der Waals surface area contributed by atoms with Gasteiger partial charge in [0, 0.05) is 68.7 Å². The summed E-state index contributed by atoms with van der Waals surface area (Å²) >= 11 is 0. The van der Waals surface area contributed by atoms with E-state index in [1.807, 2.05) is 36.4 Å². The summed E-state index contributed by atoms with van der Waals surface area (Å²) in [4.78, 5) is 14.4. The lowest BCUT2D eigenvalue weighted by molar-refractivity contribution is 0.116. The number of pyridine rings is 2. The van der Waals surface area contributed by atoms with Crippen molar-refractivity contribution in [1.82, 2.24) is 30.0 Å². The maximum Gasteiger partial charge on any atom is 0.219 e. The van der Waals surface area contributed by atoms with Crippen LogP contribution in [0.3, 0.4) is 0 Å². The minimum atomic E-state index is 0.554. The number of piperazine rings is 1. The van der Waals surface area contributed by atoms with E-state index in [1.54, 1.807) is 12.4 Å². The van der Waals surface area contributed by atoms with Crippen LogP contribution in [-0.2, 0) is 6.54 Å². The third-order valence-corrected chi connectivity index (χ3v) is 5.96. The second-order valence-corrected chi connectivity index (χ2v) is 9.09. The van der Waals surface area contributed by atoms with Crippen molar-refractivity contribution in [2.24, 2.45) is 5.92 Å². The predicted octanol–water partition coefficient (Wildman–Crippen LogP) is 4.59. The summed E-state index contributed by atoms with van der Waals surface area (Å²) in [5, 5.41) is 7.97. The summed E-state index contributed by atoms with van der Waals surface area (Å²) in [7, 11) is 0. The number of benzene rings is 1. The maximum absolute atomic E-state index is 5.97. The standard InChI is InChI=1S/C26H30N6O/c1-19(2)17-31-11-13-32(14-12-31)18-22-5-3-20-15-23(6-7-24(20)29-22)33-26-8-4-21(16-27-26)25-9-10-28-30-25/h3-10,15-16,19H,11-14,17-18H2,1-2H3,(H,28,30). The molecule has 1 aromatic carbocycles. The first kappa shape index (κ1) is 21.6. The minimum absolute atomic E-state index is 0.554. The Morgan fingerprint density at radius 1 is 0.970 bits per heavy atom. The van der Waals surface area contributed by atoms with E-state index in [2.05, 4.69) is 51.0 Å². The molecule has 1 fully saturated rings. The highest BCUT2D eigenvalue weighted by atomic mass is 16.5. The Morgan fingerprint density at radius 3 is 2.55 bits per heavy atom. The van der Waals surface area contributed by atoms with Crippen LogP contribution < -0.4 is 4.74 Å². The number of aromatic amines is 1. The molecule has 0 atom stereocenters. The van der Waals surface area contributed by atoms with Gasteiger partial charge in [-0.1, -0.05) is 19.9 Å². The number of nitrogens with zero attached hydrogens (tertiary/aromatic N) is 5. The molecule has 7 nitrogen and oxygen atoms in total. The van der Waals surface area contributed by atoms with Crippen molar-refractivity contribution < 1.29 is 4.74 Å². The highest BCUT2D eigenvalue weighted by Gasteiger charge is 2.18. The zero-order valence-electron chi connectivity index (χ0n) is 19.2. The van der Waals surface area contributed by atoms with Crippen molar-refractivity contribution >= 4 is 10.9 Å². The average molecular weight is 443 g/mol. The Hall–Kier alpha value is -3.29. The zero-order chi connectivity index (χ0) is 22.6. The van der Waals surface area contributed by atoms with Gasteiger partial charge in [0.1, 0.15) is 5.75 Å². The minimum Gasteiger partial charge on any atom is -0.439 e. The van der Waals surface area contributed by atoms with Gasteiger partial charge in [0.05, 0.1) is 16.9 Å². The van der Waals surface area contributed by atoms with Gasteiger partial charge in [0.15, 0.2) is 0 Å². The molecule has 4 aromatic rings. The summed E-state index contributed by atoms with van der Waals surface area (Å²) in [5.41, 5.74) is 4.00. The molecular weight excluding hydrogens is 412 g/mol. The molecule has 0 amide bonds. The predicted molar refractivity (Wildman–Crippen MR) is 130 cm³/mol. The molecule has 170 valence electrons. The Labute approximate surface area is 194 Å². The quantitative estimate of drug-likeness (QED) is 0.452. The molecule has 0 aliphatic carbocycles. The fourth-order valence-electron chi connectivity index (χ4n) is 4.31. The van der Waals surface area contributed by atoms with Crippen LogP contribution in [0.25, 0.3) is 22.2 Å². The van der Waals surface area contributed by atoms with Gasteiger partial charge in [-0.25, -0.2) is 4.98 Å². The summed E-state index contributed by atoms with van der Waals surface area (Å²) < 4.78 is 5.97. The zero-order valence-corrected chi connectivity index (χ0v) is 19.2. The van der Waals surface area contributed by atoms with Crippen molar-refractivity contribution in [3.63, 3.8) is 0 Å². The normalized spacial score (nSPS) is 15.4. The van der Waals surface area contributed by atoms with Gasteiger partial charge >= 0.3 is 0 Å². The molecule has 0 unspecified atom stereocenters. The lowest BCUT2D eigenvalue weighted by Gasteiger charge is -2.35. The molecule has 1 N–H and O–H groups in total. The molecule has 0 bridgehead atoms. The lowest BCUT2D eigenvalue weighted by Crippen LogP contribution is -2.46. The first-order valence-corrected chi connectivity index (χ1v) is 11.6. The van der Waals surface area contributed by atoms with Crippen LogP contribution in [0, 0.1) is 5.92 Å². The van der Waals surface area contributed by atoms with E-state index < -0.39 is 0 Å². The van der Waals surface area contributed by atoms with Crippen molar-refractivity contribution in [2.45, 2.75) is 20.4 Å². The van der Waals surface area contributed by atoms with Crippen molar-refractivity contribution in [3.05, 3.63) is 66.6 Å². The number of hydrogen-bond donors (Lipinski definition) is 1. The van der Waals surface area contributed by atoms with E-state index in [0.29, 0.717) is 5.88 Å². The number of fused-ring (bicyclic) bond motifs is 1. The highest BCUT2D eigenvalue weighted by molar-refractivity contribution is 5.80. The topological polar surface area (TPSA) is 70.2 Å². The maximum atomic E-state index is 5.97. The Morgan fingerprint density at radius 2 is 1.82 bits per heavy atom. The molecule has 0 saturated carbocycles. The monoisotopic (exact) mass is 442 g/mol. The Balaban J connectivity index is 1.21. The molecule has 1 saturated heterocycles. The molecule has 0 spiro atoms. The van der Waals surface area contributed by atoms with Crippen LogP contribution in [0.5, 0.6) is 11.6 Å². The smallest absolute Gasteiger partial charge is 0.219 e. The van der Waals surface area contributed by atoms with Crippen LogP contribution in [-0.4, -0.2) is 62.7 Å². The first-order valence-electron chi connectivity index (χ1n) is 11.6. The van der Waals surface area contributed by atoms with Gasteiger partial charge in [-0.3, -0.25) is 15.0 Å². The molecular formula is C26H30N6O. The van der Waals surface area contributed by atoms with Crippen LogP contribution >= 0.6 is 0 Å². The first-order chi connectivity index (χ1) is 16.1. The summed E-state index contributed by atoms with van der Waals surface area (Å²) in [6.07, 6.45) is 3.50. The van der Waals surface area contributed by atoms with Crippen molar-refractivity contribution in [2.75, 3.05) is 32.7 Å². The Kier molecular flexibility index (Phi) is 6.32. The molecule has 4 heterocycles. The van der Waals surface area contributed by atoms with Crippen LogP contribution in [0.4, 0.5) is 0 Å². The van der Waals surface area contributed by atoms with Crippen LogP contribution in [0.2, 0.25) is 0 Å². The number of H-pyrrole nitrogens is 1. The fourth-order valence-corrected chi connectivity index (χ4v) is 4.31. The molecule has 3 aromatic heterocycles. The number of hydrogen-bond acceptors (Lipinski definition) is 6. The van der Waals surface area contributed by atoms with E-state index in [0.717, 1.165) is 72.2 Å². The molecule has 33 heavy (non-hydrogen) atoms. The van der Waals surface area contributed by atoms with E-state index in [9.17, 15) is 0 Å². The molecule has 0 radical (unpaired) electrons. The van der Waals surface area contributed by atoms with E-state index in [-0.39, 0.29) is 0 Å². The van der Waals surface area contributed by atoms with Gasteiger partial charge in [0.25, 0.3) is 0 Å². The number of nitrogens with one attached hydrogen (secondary N) is 1. The largest absolute Gasteiger partial charge is 0.439 e. The van der Waals surface area contributed by atoms with E-state index >= 15 is 0 Å². The molecule has 1 aliphatic heterocycles. The fraction of sp³-hybridized carbons (Fsp3) is 0.346. The summed E-state index contributed by atoms with van der Waals surface area (Å²) in [6.45, 7) is 11.2. The third kappa shape index (κ3) is 5.38. The lowest BCUT2D eigenvalue weighted by atomic mass is 10.1. The second kappa shape index (κ2) is 9.68. The van der Waals surface area contributed by atoms with Gasteiger partial charge in [-0.05, 0) is 42.3 Å². The van der Waals surface area contributed by atoms with Gasteiger partial charge < -0.3 is 9.64 Å². The van der Waals surface area contributed by atoms with Gasteiger partial charge in [-0.2, -0.15) is 5.10 Å². The van der Waals surface area contributed by atoms with Crippen molar-refractivity contribution in [1.29, 1.82) is 0 Å². The highest BCUT2D eigenvalue weighted by Crippen LogP contribution is 2.26. The van der Waals surface area contributed by atoms with Crippen LogP contribution in [0.1, 0.15) is 19.5 Å². The third-order valence-electron chi connectivity index (χ3n) is 5.96. The average Bonchev–Trinajstić information content (AvgIpc) is 3.36. The SMILES string of the molecule is CC(C)CN1CCN(Cc2ccc3cc(Oc4ccc(-c5ccn[nH]5)cn4)ccc3n2)CC1. The van der Waals surface area contributed by atoms with Gasteiger partial charge in [-0.15, -0.1) is 0 Å². The molecule has 1 aliphatic rings. The second-order valence-electron chi connectivity index (χ2n) is 9.09. The van der Waals surface area contributed by atoms with Gasteiger partial charge in [0.2, 0.25) is 5.88 Å². The van der Waals surface area contributed by atoms with E-state index in [1.165, 1.54) is 6.54 Å². The van der Waals surface area contributed by atoms with E-state index in [4.69, 9.17) is 9.72 Å². The Bertz CT molecular complexity index is 1180. The summed E-state index contributed by atoms with van der Waals surface area (Å²) in [6, 6.07) is 16.0. The number of rotatable bonds is 7. The van der Waals surface area contributed by atoms with Crippen LogP contribution in [0.15, 0.2) is 60.9 Å². The summed E-state index contributed by atoms with van der Waals surface area (Å²) in [5.74, 6) is 2.03. The molecule has 7 heteroatoms. The van der Waals surface area contributed by atoms with Crippen molar-refractivity contribution in [3.8, 4) is 22.9 Å². The number of aromatic nitrogens is 4.